The van der Waals surface area contributed by atoms with E-state index in [1.165, 1.54) is 0 Å². The minimum atomic E-state index is 0.387. The standard InChI is InChI=1S/C12H14O3/c1-3-8-15-11-5-4-10(6-7-13)9-12(11)14-2/h3-5,7,9H,1,6,8H2,2H3. The van der Waals surface area contributed by atoms with Crippen molar-refractivity contribution in [2.75, 3.05) is 13.7 Å². The van der Waals surface area contributed by atoms with Crippen molar-refractivity contribution >= 4 is 6.29 Å². The lowest BCUT2D eigenvalue weighted by Crippen LogP contribution is -1.97. The highest BCUT2D eigenvalue weighted by Gasteiger charge is 2.04. The Morgan fingerprint density at radius 2 is 2.20 bits per heavy atom. The third kappa shape index (κ3) is 3.13. The van der Waals surface area contributed by atoms with Crippen molar-refractivity contribution in [3.63, 3.8) is 0 Å². The lowest BCUT2D eigenvalue weighted by Gasteiger charge is -2.09. The van der Waals surface area contributed by atoms with Gasteiger partial charge in [0, 0.05) is 6.42 Å². The quantitative estimate of drug-likeness (QED) is 0.527. The maximum absolute atomic E-state index is 10.3. The van der Waals surface area contributed by atoms with Gasteiger partial charge in [-0.2, -0.15) is 0 Å². The third-order valence-corrected chi connectivity index (χ3v) is 1.90. The molecular weight excluding hydrogens is 192 g/mol. The van der Waals surface area contributed by atoms with Gasteiger partial charge in [-0.1, -0.05) is 18.7 Å². The number of ether oxygens (including phenoxy) is 2. The van der Waals surface area contributed by atoms with Crippen LogP contribution in [0.15, 0.2) is 30.9 Å². The molecular formula is C12H14O3. The fourth-order valence-corrected chi connectivity index (χ4v) is 1.20. The van der Waals surface area contributed by atoms with E-state index in [1.54, 1.807) is 25.3 Å². The van der Waals surface area contributed by atoms with Gasteiger partial charge in [-0.05, 0) is 17.7 Å². The molecule has 0 aromatic heterocycles. The van der Waals surface area contributed by atoms with Gasteiger partial charge in [0.1, 0.15) is 12.9 Å². The second-order valence-electron chi connectivity index (χ2n) is 2.96. The maximum Gasteiger partial charge on any atom is 0.161 e. The first kappa shape index (κ1) is 11.3. The fraction of sp³-hybridized carbons (Fsp3) is 0.250. The van der Waals surface area contributed by atoms with E-state index in [0.29, 0.717) is 24.5 Å². The summed E-state index contributed by atoms with van der Waals surface area (Å²) in [5, 5.41) is 0. The summed E-state index contributed by atoms with van der Waals surface area (Å²) in [6.45, 7) is 4.00. The molecule has 15 heavy (non-hydrogen) atoms. The average molecular weight is 206 g/mol. The van der Waals surface area contributed by atoms with Crippen molar-refractivity contribution in [3.8, 4) is 11.5 Å². The van der Waals surface area contributed by atoms with Crippen LogP contribution in [0.3, 0.4) is 0 Å². The number of rotatable bonds is 6. The molecule has 0 aliphatic heterocycles. The van der Waals surface area contributed by atoms with Crippen LogP contribution >= 0.6 is 0 Å². The number of hydrogen-bond acceptors (Lipinski definition) is 3. The molecule has 0 fully saturated rings. The lowest BCUT2D eigenvalue weighted by atomic mass is 10.1. The number of carbonyl (C=O) groups excluding carboxylic acids is 1. The van der Waals surface area contributed by atoms with Gasteiger partial charge in [0.05, 0.1) is 7.11 Å². The predicted molar refractivity (Wildman–Crippen MR) is 58.5 cm³/mol. The molecule has 1 rings (SSSR count). The molecule has 0 amide bonds. The molecule has 0 heterocycles. The first-order chi connectivity index (χ1) is 7.31. The zero-order valence-corrected chi connectivity index (χ0v) is 8.73. The molecule has 0 saturated carbocycles. The lowest BCUT2D eigenvalue weighted by molar-refractivity contribution is -0.107. The molecule has 0 bridgehead atoms. The molecule has 3 nitrogen and oxygen atoms in total. The molecule has 3 heteroatoms. The van der Waals surface area contributed by atoms with E-state index in [-0.39, 0.29) is 0 Å². The minimum Gasteiger partial charge on any atom is -0.493 e. The van der Waals surface area contributed by atoms with Crippen LogP contribution in [0.4, 0.5) is 0 Å². The average Bonchev–Trinajstić information content (AvgIpc) is 2.27. The smallest absolute Gasteiger partial charge is 0.161 e. The molecule has 0 unspecified atom stereocenters. The van der Waals surface area contributed by atoms with Gasteiger partial charge in [0.15, 0.2) is 11.5 Å². The maximum atomic E-state index is 10.3. The highest BCUT2D eigenvalue weighted by Crippen LogP contribution is 2.27. The van der Waals surface area contributed by atoms with Crippen LogP contribution in [0.25, 0.3) is 0 Å². The summed E-state index contributed by atoms with van der Waals surface area (Å²) in [6.07, 6.45) is 2.91. The highest BCUT2D eigenvalue weighted by atomic mass is 16.5. The first-order valence-corrected chi connectivity index (χ1v) is 4.66. The van der Waals surface area contributed by atoms with Crippen LogP contribution in [0.1, 0.15) is 5.56 Å². The molecule has 1 aromatic carbocycles. The van der Waals surface area contributed by atoms with Gasteiger partial charge in [-0.3, -0.25) is 0 Å². The van der Waals surface area contributed by atoms with E-state index in [2.05, 4.69) is 6.58 Å². The third-order valence-electron chi connectivity index (χ3n) is 1.90. The second-order valence-corrected chi connectivity index (χ2v) is 2.96. The Balaban J connectivity index is 2.87. The van der Waals surface area contributed by atoms with Gasteiger partial charge >= 0.3 is 0 Å². The van der Waals surface area contributed by atoms with E-state index in [1.807, 2.05) is 6.07 Å². The summed E-state index contributed by atoms with van der Waals surface area (Å²) in [7, 11) is 1.57. The second kappa shape index (κ2) is 5.86. The Kier molecular flexibility index (Phi) is 4.41. The van der Waals surface area contributed by atoms with Crippen LogP contribution in [-0.2, 0) is 11.2 Å². The van der Waals surface area contributed by atoms with Gasteiger partial charge < -0.3 is 14.3 Å². The van der Waals surface area contributed by atoms with Gasteiger partial charge in [0.2, 0.25) is 0 Å². The number of carbonyl (C=O) groups is 1. The van der Waals surface area contributed by atoms with Crippen LogP contribution in [0.2, 0.25) is 0 Å². The number of hydrogen-bond donors (Lipinski definition) is 0. The van der Waals surface area contributed by atoms with Gasteiger partial charge in [0.25, 0.3) is 0 Å². The Bertz CT molecular complexity index is 345. The molecule has 0 aliphatic carbocycles. The topological polar surface area (TPSA) is 35.5 Å². The number of aldehydes is 1. The highest BCUT2D eigenvalue weighted by molar-refractivity contribution is 5.56. The molecule has 80 valence electrons. The molecule has 0 radical (unpaired) electrons. The van der Waals surface area contributed by atoms with E-state index in [9.17, 15) is 4.79 Å². The van der Waals surface area contributed by atoms with E-state index in [0.717, 1.165) is 11.8 Å². The first-order valence-electron chi connectivity index (χ1n) is 4.66. The van der Waals surface area contributed by atoms with Crippen molar-refractivity contribution in [1.29, 1.82) is 0 Å². The minimum absolute atomic E-state index is 0.387. The molecule has 1 aromatic rings. The Morgan fingerprint density at radius 1 is 1.40 bits per heavy atom. The predicted octanol–water partition coefficient (Wildman–Crippen LogP) is 2.00. The largest absolute Gasteiger partial charge is 0.493 e. The van der Waals surface area contributed by atoms with Crippen molar-refractivity contribution in [2.24, 2.45) is 0 Å². The normalized spacial score (nSPS) is 9.40. The SMILES string of the molecule is C=CCOc1ccc(CC=O)cc1OC. The molecule has 0 saturated heterocycles. The van der Waals surface area contributed by atoms with Crippen LogP contribution in [-0.4, -0.2) is 20.0 Å². The zero-order valence-electron chi connectivity index (χ0n) is 8.73. The van der Waals surface area contributed by atoms with Crippen LogP contribution in [0.5, 0.6) is 11.5 Å². The molecule has 0 spiro atoms. The van der Waals surface area contributed by atoms with Crippen LogP contribution in [0, 0.1) is 0 Å². The van der Waals surface area contributed by atoms with Crippen molar-refractivity contribution in [3.05, 3.63) is 36.4 Å². The van der Waals surface area contributed by atoms with Crippen molar-refractivity contribution in [2.45, 2.75) is 6.42 Å². The van der Waals surface area contributed by atoms with Crippen molar-refractivity contribution in [1.82, 2.24) is 0 Å². The van der Waals surface area contributed by atoms with E-state index in [4.69, 9.17) is 9.47 Å². The summed E-state index contributed by atoms with van der Waals surface area (Å²) in [6, 6.07) is 5.43. The molecule has 0 aliphatic rings. The fourth-order valence-electron chi connectivity index (χ4n) is 1.20. The van der Waals surface area contributed by atoms with Gasteiger partial charge in [-0.15, -0.1) is 0 Å². The van der Waals surface area contributed by atoms with Crippen molar-refractivity contribution < 1.29 is 14.3 Å². The van der Waals surface area contributed by atoms with E-state index < -0.39 is 0 Å². The number of methoxy groups -OCH3 is 1. The van der Waals surface area contributed by atoms with E-state index >= 15 is 0 Å². The van der Waals surface area contributed by atoms with Gasteiger partial charge in [-0.25, -0.2) is 0 Å². The summed E-state index contributed by atoms with van der Waals surface area (Å²) >= 11 is 0. The summed E-state index contributed by atoms with van der Waals surface area (Å²) in [5.41, 5.74) is 0.910. The summed E-state index contributed by atoms with van der Waals surface area (Å²) in [4.78, 5) is 10.3. The summed E-state index contributed by atoms with van der Waals surface area (Å²) < 4.78 is 10.5. The number of benzene rings is 1. The molecule has 0 atom stereocenters. The Hall–Kier alpha value is -1.77. The summed E-state index contributed by atoms with van der Waals surface area (Å²) in [5.74, 6) is 1.29. The molecule has 0 N–H and O–H groups in total. The monoisotopic (exact) mass is 206 g/mol. The zero-order chi connectivity index (χ0) is 11.1. The van der Waals surface area contributed by atoms with Crippen LogP contribution < -0.4 is 9.47 Å². The Labute approximate surface area is 89.3 Å². The Morgan fingerprint density at radius 3 is 2.80 bits per heavy atom.